The smallest absolute Gasteiger partial charge is 0.407 e. The Morgan fingerprint density at radius 3 is 2.39 bits per heavy atom. The zero-order valence-electron chi connectivity index (χ0n) is 14.6. The molecule has 0 bridgehead atoms. The molecular formula is C17H28BrN3O2. The first-order valence-corrected chi connectivity index (χ1v) is 8.56. The molecule has 6 heteroatoms. The van der Waals surface area contributed by atoms with Crippen LogP contribution in [-0.2, 0) is 11.3 Å². The highest BCUT2D eigenvalue weighted by Gasteiger charge is 2.24. The molecule has 0 aliphatic rings. The third-order valence-corrected chi connectivity index (χ3v) is 4.00. The van der Waals surface area contributed by atoms with Crippen molar-refractivity contribution in [2.24, 2.45) is 5.73 Å². The highest BCUT2D eigenvalue weighted by atomic mass is 79.9. The lowest BCUT2D eigenvalue weighted by molar-refractivity contribution is 0.0476. The van der Waals surface area contributed by atoms with Crippen molar-refractivity contribution in [1.29, 1.82) is 0 Å². The number of ether oxygens (including phenoxy) is 1. The van der Waals surface area contributed by atoms with E-state index in [4.69, 9.17) is 10.5 Å². The number of carbonyl (C=O) groups excluding carboxylic acids is 1. The first-order valence-electron chi connectivity index (χ1n) is 7.76. The Labute approximate surface area is 147 Å². The zero-order chi connectivity index (χ0) is 17.6. The van der Waals surface area contributed by atoms with Crippen molar-refractivity contribution in [3.05, 3.63) is 34.3 Å². The number of likely N-dealkylation sites (N-methyl/N-ethyl adjacent to an activating group) is 1. The van der Waals surface area contributed by atoms with Gasteiger partial charge in [-0.2, -0.15) is 0 Å². The monoisotopic (exact) mass is 385 g/mol. The van der Waals surface area contributed by atoms with Gasteiger partial charge in [0.2, 0.25) is 0 Å². The largest absolute Gasteiger partial charge is 0.444 e. The molecule has 1 amide bonds. The van der Waals surface area contributed by atoms with Crippen molar-refractivity contribution in [3.63, 3.8) is 0 Å². The highest BCUT2D eigenvalue weighted by molar-refractivity contribution is 9.10. The topological polar surface area (TPSA) is 67.6 Å². The maximum Gasteiger partial charge on any atom is 0.407 e. The molecular weight excluding hydrogens is 358 g/mol. The van der Waals surface area contributed by atoms with E-state index in [0.29, 0.717) is 6.54 Å². The van der Waals surface area contributed by atoms with E-state index in [0.717, 1.165) is 11.0 Å². The van der Waals surface area contributed by atoms with Crippen LogP contribution in [-0.4, -0.2) is 42.3 Å². The van der Waals surface area contributed by atoms with Gasteiger partial charge >= 0.3 is 6.09 Å². The number of alkyl carbamates (subject to hydrolysis) is 1. The molecule has 0 aliphatic carbocycles. The van der Waals surface area contributed by atoms with Crippen LogP contribution in [0.4, 0.5) is 4.79 Å². The molecule has 1 aromatic carbocycles. The fraction of sp³-hybridized carbons (Fsp3) is 0.588. The second-order valence-corrected chi connectivity index (χ2v) is 7.70. The number of benzene rings is 1. The molecule has 0 aromatic heterocycles. The molecule has 23 heavy (non-hydrogen) atoms. The van der Waals surface area contributed by atoms with E-state index < -0.39 is 11.7 Å². The van der Waals surface area contributed by atoms with Crippen molar-refractivity contribution in [3.8, 4) is 0 Å². The third kappa shape index (κ3) is 7.33. The molecule has 0 heterocycles. The average Bonchev–Trinajstić information content (AvgIpc) is 2.39. The van der Waals surface area contributed by atoms with Crippen LogP contribution in [0.3, 0.4) is 0 Å². The van der Waals surface area contributed by atoms with E-state index in [9.17, 15) is 4.79 Å². The molecule has 0 spiro atoms. The van der Waals surface area contributed by atoms with Crippen LogP contribution in [0.15, 0.2) is 28.7 Å². The number of nitrogens with two attached hydrogens (primary N) is 1. The molecule has 2 atom stereocenters. The fourth-order valence-corrected chi connectivity index (χ4v) is 2.61. The molecule has 5 nitrogen and oxygen atoms in total. The molecule has 2 unspecified atom stereocenters. The van der Waals surface area contributed by atoms with Gasteiger partial charge in [0.15, 0.2) is 0 Å². The maximum absolute atomic E-state index is 11.9. The lowest BCUT2D eigenvalue weighted by atomic mass is 10.1. The lowest BCUT2D eigenvalue weighted by Gasteiger charge is -2.33. The van der Waals surface area contributed by atoms with Gasteiger partial charge in [-0.1, -0.05) is 28.1 Å². The van der Waals surface area contributed by atoms with Gasteiger partial charge in [0.05, 0.1) is 0 Å². The van der Waals surface area contributed by atoms with E-state index >= 15 is 0 Å². The van der Waals surface area contributed by atoms with Gasteiger partial charge in [-0.3, -0.25) is 4.90 Å². The van der Waals surface area contributed by atoms with E-state index in [-0.39, 0.29) is 12.1 Å². The van der Waals surface area contributed by atoms with Crippen LogP contribution in [0, 0.1) is 0 Å². The number of rotatable bonds is 6. The minimum Gasteiger partial charge on any atom is -0.444 e. The van der Waals surface area contributed by atoms with Crippen LogP contribution < -0.4 is 11.1 Å². The summed E-state index contributed by atoms with van der Waals surface area (Å²) in [5.74, 6) is 0. The standard InChI is InChI=1S/C17H28BrN3O2/c1-12(20-16(22)23-17(2,3)4)15(10-19)21(5)11-13-6-8-14(18)9-7-13/h6-9,12,15H,10-11,19H2,1-5H3,(H,20,22). The number of nitrogens with zero attached hydrogens (tertiary/aromatic N) is 1. The number of nitrogens with one attached hydrogen (secondary N) is 1. The Kier molecular flexibility index (Phi) is 7.51. The third-order valence-electron chi connectivity index (χ3n) is 3.47. The van der Waals surface area contributed by atoms with Crippen molar-refractivity contribution in [2.75, 3.05) is 13.6 Å². The Bertz CT molecular complexity index is 500. The molecule has 3 N–H and O–H groups in total. The zero-order valence-corrected chi connectivity index (χ0v) is 16.2. The van der Waals surface area contributed by atoms with Crippen LogP contribution in [0.5, 0.6) is 0 Å². The Balaban J connectivity index is 2.62. The van der Waals surface area contributed by atoms with Crippen LogP contribution >= 0.6 is 15.9 Å². The summed E-state index contributed by atoms with van der Waals surface area (Å²) in [6.45, 7) is 8.69. The SMILES string of the molecule is CC(NC(=O)OC(C)(C)C)C(CN)N(C)Cc1ccc(Br)cc1. The van der Waals surface area contributed by atoms with E-state index in [1.165, 1.54) is 5.56 Å². The summed E-state index contributed by atoms with van der Waals surface area (Å²) in [4.78, 5) is 14.1. The minimum atomic E-state index is -0.509. The van der Waals surface area contributed by atoms with Crippen LogP contribution in [0.25, 0.3) is 0 Å². The second kappa shape index (κ2) is 8.66. The van der Waals surface area contributed by atoms with Gasteiger partial charge in [0.1, 0.15) is 5.60 Å². The minimum absolute atomic E-state index is 0.0196. The Hall–Kier alpha value is -1.11. The fourth-order valence-electron chi connectivity index (χ4n) is 2.35. The van der Waals surface area contributed by atoms with Crippen molar-refractivity contribution in [2.45, 2.75) is 51.9 Å². The summed E-state index contributed by atoms with van der Waals surface area (Å²) in [6, 6.07) is 8.08. The van der Waals surface area contributed by atoms with E-state index in [1.807, 2.05) is 46.9 Å². The van der Waals surface area contributed by atoms with Crippen molar-refractivity contribution >= 4 is 22.0 Å². The predicted octanol–water partition coefficient (Wildman–Crippen LogP) is 3.12. The predicted molar refractivity (Wildman–Crippen MR) is 97.3 cm³/mol. The molecule has 0 radical (unpaired) electrons. The summed E-state index contributed by atoms with van der Waals surface area (Å²) in [6.07, 6.45) is -0.416. The first kappa shape index (κ1) is 19.9. The van der Waals surface area contributed by atoms with Crippen molar-refractivity contribution in [1.82, 2.24) is 10.2 Å². The van der Waals surface area contributed by atoms with Gasteiger partial charge in [-0.25, -0.2) is 4.79 Å². The molecule has 130 valence electrons. The summed E-state index contributed by atoms with van der Waals surface area (Å²) < 4.78 is 6.35. The summed E-state index contributed by atoms with van der Waals surface area (Å²) >= 11 is 3.43. The van der Waals surface area contributed by atoms with Gasteiger partial charge in [-0.05, 0) is 52.4 Å². The van der Waals surface area contributed by atoms with Crippen molar-refractivity contribution < 1.29 is 9.53 Å². The number of hydrogen-bond acceptors (Lipinski definition) is 4. The van der Waals surface area contributed by atoms with Gasteiger partial charge < -0.3 is 15.8 Å². The quantitative estimate of drug-likeness (QED) is 0.789. The van der Waals surface area contributed by atoms with Gasteiger partial charge in [-0.15, -0.1) is 0 Å². The molecule has 1 rings (SSSR count). The number of halogens is 1. The maximum atomic E-state index is 11.9. The Morgan fingerprint density at radius 1 is 1.35 bits per heavy atom. The summed E-state index contributed by atoms with van der Waals surface area (Å²) in [5.41, 5.74) is 6.60. The van der Waals surface area contributed by atoms with E-state index in [2.05, 4.69) is 38.3 Å². The molecule has 0 saturated carbocycles. The molecule has 0 aliphatic heterocycles. The number of hydrogen-bond donors (Lipinski definition) is 2. The average molecular weight is 386 g/mol. The summed E-state index contributed by atoms with van der Waals surface area (Å²) in [5, 5.41) is 2.87. The van der Waals surface area contributed by atoms with Crippen LogP contribution in [0.2, 0.25) is 0 Å². The molecule has 1 aromatic rings. The normalized spacial score (nSPS) is 14.4. The van der Waals surface area contributed by atoms with Gasteiger partial charge in [0.25, 0.3) is 0 Å². The highest BCUT2D eigenvalue weighted by Crippen LogP contribution is 2.14. The Morgan fingerprint density at radius 2 is 1.91 bits per heavy atom. The second-order valence-electron chi connectivity index (χ2n) is 6.78. The number of carbonyl (C=O) groups is 1. The van der Waals surface area contributed by atoms with Crippen LogP contribution in [0.1, 0.15) is 33.3 Å². The lowest BCUT2D eigenvalue weighted by Crippen LogP contribution is -2.53. The molecule has 0 saturated heterocycles. The van der Waals surface area contributed by atoms with Gasteiger partial charge in [0, 0.05) is 29.6 Å². The number of amides is 1. The van der Waals surface area contributed by atoms with E-state index in [1.54, 1.807) is 0 Å². The molecule has 0 fully saturated rings. The summed E-state index contributed by atoms with van der Waals surface area (Å²) in [7, 11) is 2.01. The first-order chi connectivity index (χ1) is 10.6.